The van der Waals surface area contributed by atoms with Gasteiger partial charge in [-0.25, -0.2) is 9.78 Å². The Kier molecular flexibility index (Phi) is 1.98. The lowest BCUT2D eigenvalue weighted by Gasteiger charge is -1.99. The van der Waals surface area contributed by atoms with E-state index in [0.717, 1.165) is 0 Å². The van der Waals surface area contributed by atoms with E-state index >= 15 is 0 Å². The van der Waals surface area contributed by atoms with Gasteiger partial charge in [0.25, 0.3) is 0 Å². The maximum atomic E-state index is 10.8. The number of benzene rings is 1. The molecule has 13 heavy (non-hydrogen) atoms. The summed E-state index contributed by atoms with van der Waals surface area (Å²) < 4.78 is 0. The summed E-state index contributed by atoms with van der Waals surface area (Å²) >= 11 is 11.7. The van der Waals surface area contributed by atoms with Crippen LogP contribution in [0.2, 0.25) is 10.0 Å². The number of aromatic amines is 1. The van der Waals surface area contributed by atoms with Crippen LogP contribution in [0.15, 0.2) is 23.1 Å². The molecular formula is C8H4Cl2N2O. The summed E-state index contributed by atoms with van der Waals surface area (Å²) in [7, 11) is 0. The Hall–Kier alpha value is -1.06. The molecular weight excluding hydrogens is 211 g/mol. The number of fused-ring (bicyclic) bond motifs is 1. The number of halogens is 2. The van der Waals surface area contributed by atoms with Crippen molar-refractivity contribution in [3.05, 3.63) is 38.9 Å². The lowest BCUT2D eigenvalue weighted by atomic mass is 10.2. The standard InChI is InChI=1S/C8H4Cl2N2O/c9-5-1-2-6-4(7(5)10)3-11-8(13)12-6/h1-3H,(H,11,12,13). The summed E-state index contributed by atoms with van der Waals surface area (Å²) in [5, 5.41) is 1.50. The van der Waals surface area contributed by atoms with Gasteiger partial charge < -0.3 is 4.98 Å². The number of H-pyrrole nitrogens is 1. The molecule has 66 valence electrons. The van der Waals surface area contributed by atoms with Crippen molar-refractivity contribution in [1.29, 1.82) is 0 Å². The van der Waals surface area contributed by atoms with E-state index in [1.807, 2.05) is 0 Å². The first-order valence-electron chi connectivity index (χ1n) is 3.51. The van der Waals surface area contributed by atoms with Gasteiger partial charge in [-0.1, -0.05) is 23.2 Å². The molecule has 0 aliphatic carbocycles. The number of nitrogens with zero attached hydrogens (tertiary/aromatic N) is 1. The summed E-state index contributed by atoms with van der Waals surface area (Å²) in [6.07, 6.45) is 1.41. The molecule has 0 fully saturated rings. The molecule has 0 atom stereocenters. The molecule has 1 N–H and O–H groups in total. The van der Waals surface area contributed by atoms with Gasteiger partial charge in [0.1, 0.15) is 0 Å². The van der Waals surface area contributed by atoms with E-state index < -0.39 is 5.69 Å². The molecule has 0 aliphatic rings. The fourth-order valence-electron chi connectivity index (χ4n) is 1.07. The van der Waals surface area contributed by atoms with Gasteiger partial charge in [0.2, 0.25) is 0 Å². The van der Waals surface area contributed by atoms with E-state index in [-0.39, 0.29) is 0 Å². The van der Waals surface area contributed by atoms with Crippen LogP contribution in [0.4, 0.5) is 0 Å². The highest BCUT2D eigenvalue weighted by Crippen LogP contribution is 2.28. The normalized spacial score (nSPS) is 10.6. The van der Waals surface area contributed by atoms with Crippen molar-refractivity contribution >= 4 is 34.1 Å². The van der Waals surface area contributed by atoms with Crippen LogP contribution in [0.25, 0.3) is 10.9 Å². The molecule has 0 spiro atoms. The highest BCUT2D eigenvalue weighted by Gasteiger charge is 2.03. The number of hydrogen-bond acceptors (Lipinski definition) is 2. The van der Waals surface area contributed by atoms with Crippen molar-refractivity contribution < 1.29 is 0 Å². The van der Waals surface area contributed by atoms with Crippen LogP contribution >= 0.6 is 23.2 Å². The predicted molar refractivity (Wildman–Crippen MR) is 52.4 cm³/mol. The Morgan fingerprint density at radius 3 is 2.85 bits per heavy atom. The van der Waals surface area contributed by atoms with Crippen LogP contribution in [0.5, 0.6) is 0 Å². The zero-order valence-corrected chi connectivity index (χ0v) is 7.86. The molecule has 0 aliphatic heterocycles. The van der Waals surface area contributed by atoms with Crippen LogP contribution in [0.1, 0.15) is 0 Å². The van der Waals surface area contributed by atoms with Crippen LogP contribution in [-0.4, -0.2) is 9.97 Å². The highest BCUT2D eigenvalue weighted by atomic mass is 35.5. The predicted octanol–water partition coefficient (Wildman–Crippen LogP) is 2.23. The summed E-state index contributed by atoms with van der Waals surface area (Å²) in [6.45, 7) is 0. The lowest BCUT2D eigenvalue weighted by molar-refractivity contribution is 1.12. The van der Waals surface area contributed by atoms with Gasteiger partial charge in [0, 0.05) is 11.6 Å². The Morgan fingerprint density at radius 2 is 2.08 bits per heavy atom. The molecule has 1 aromatic heterocycles. The first-order chi connectivity index (χ1) is 6.18. The molecule has 2 rings (SSSR count). The molecule has 2 aromatic rings. The molecule has 0 amide bonds. The molecule has 0 saturated heterocycles. The largest absolute Gasteiger partial charge is 0.345 e. The minimum Gasteiger partial charge on any atom is -0.305 e. The molecule has 1 aromatic carbocycles. The molecule has 0 bridgehead atoms. The van der Waals surface area contributed by atoms with Gasteiger partial charge in [0.05, 0.1) is 15.6 Å². The number of aromatic nitrogens is 2. The van der Waals surface area contributed by atoms with Crippen molar-refractivity contribution in [2.75, 3.05) is 0 Å². The zero-order valence-electron chi connectivity index (χ0n) is 6.34. The molecule has 5 heteroatoms. The van der Waals surface area contributed by atoms with E-state index in [0.29, 0.717) is 20.9 Å². The average molecular weight is 215 g/mol. The minimum absolute atomic E-state index is 0.397. The second-order valence-electron chi connectivity index (χ2n) is 2.51. The first-order valence-corrected chi connectivity index (χ1v) is 4.27. The Labute approximate surface area is 83.3 Å². The third-order valence-corrected chi connectivity index (χ3v) is 2.50. The quantitative estimate of drug-likeness (QED) is 0.732. The van der Waals surface area contributed by atoms with E-state index in [2.05, 4.69) is 9.97 Å². The van der Waals surface area contributed by atoms with Gasteiger partial charge in [-0.15, -0.1) is 0 Å². The SMILES string of the molecule is O=c1ncc2c(Cl)c(Cl)ccc2[nH]1. The van der Waals surface area contributed by atoms with Crippen molar-refractivity contribution in [3.8, 4) is 0 Å². The van der Waals surface area contributed by atoms with E-state index in [1.165, 1.54) is 6.20 Å². The Morgan fingerprint density at radius 1 is 1.31 bits per heavy atom. The minimum atomic E-state index is -0.397. The summed E-state index contributed by atoms with van der Waals surface area (Å²) in [5.74, 6) is 0. The van der Waals surface area contributed by atoms with Crippen LogP contribution in [0, 0.1) is 0 Å². The second-order valence-corrected chi connectivity index (χ2v) is 3.30. The van der Waals surface area contributed by atoms with Gasteiger partial charge in [-0.05, 0) is 12.1 Å². The fraction of sp³-hybridized carbons (Fsp3) is 0. The highest BCUT2D eigenvalue weighted by molar-refractivity contribution is 6.45. The first kappa shape index (κ1) is 8.53. The number of nitrogens with one attached hydrogen (secondary N) is 1. The monoisotopic (exact) mass is 214 g/mol. The third kappa shape index (κ3) is 1.41. The van der Waals surface area contributed by atoms with Crippen LogP contribution in [0.3, 0.4) is 0 Å². The number of hydrogen-bond donors (Lipinski definition) is 1. The maximum absolute atomic E-state index is 10.8. The van der Waals surface area contributed by atoms with Gasteiger partial charge in [-0.2, -0.15) is 0 Å². The van der Waals surface area contributed by atoms with Crippen LogP contribution in [-0.2, 0) is 0 Å². The van der Waals surface area contributed by atoms with Gasteiger partial charge in [-0.3, -0.25) is 0 Å². The lowest BCUT2D eigenvalue weighted by Crippen LogP contribution is -2.08. The summed E-state index contributed by atoms with van der Waals surface area (Å²) in [5.41, 5.74) is 0.236. The topological polar surface area (TPSA) is 45.8 Å². The van der Waals surface area contributed by atoms with Crippen molar-refractivity contribution in [3.63, 3.8) is 0 Å². The van der Waals surface area contributed by atoms with E-state index in [9.17, 15) is 4.79 Å². The maximum Gasteiger partial charge on any atom is 0.345 e. The van der Waals surface area contributed by atoms with Gasteiger partial charge >= 0.3 is 5.69 Å². The van der Waals surface area contributed by atoms with E-state index in [1.54, 1.807) is 12.1 Å². The zero-order chi connectivity index (χ0) is 9.42. The number of rotatable bonds is 0. The Bertz CT molecular complexity index is 521. The second kappa shape index (κ2) is 3.01. The third-order valence-electron chi connectivity index (χ3n) is 1.69. The smallest absolute Gasteiger partial charge is 0.305 e. The summed E-state index contributed by atoms with van der Waals surface area (Å²) in [6, 6.07) is 3.31. The average Bonchev–Trinajstić information content (AvgIpc) is 2.12. The van der Waals surface area contributed by atoms with E-state index in [4.69, 9.17) is 23.2 Å². The van der Waals surface area contributed by atoms with Crippen LogP contribution < -0.4 is 5.69 Å². The van der Waals surface area contributed by atoms with Crippen molar-refractivity contribution in [2.24, 2.45) is 0 Å². The van der Waals surface area contributed by atoms with Gasteiger partial charge in [0.15, 0.2) is 0 Å². The summed E-state index contributed by atoms with van der Waals surface area (Å²) in [4.78, 5) is 16.9. The fourth-order valence-corrected chi connectivity index (χ4v) is 1.45. The van der Waals surface area contributed by atoms with Crippen molar-refractivity contribution in [1.82, 2.24) is 9.97 Å². The molecule has 0 unspecified atom stereocenters. The molecule has 0 radical (unpaired) electrons. The Balaban J connectivity index is 2.95. The molecule has 3 nitrogen and oxygen atoms in total. The molecule has 0 saturated carbocycles. The van der Waals surface area contributed by atoms with Crippen molar-refractivity contribution in [2.45, 2.75) is 0 Å². The molecule has 1 heterocycles.